The van der Waals surface area contributed by atoms with Crippen LogP contribution in [0.5, 0.6) is 0 Å². The van der Waals surface area contributed by atoms with Gasteiger partial charge in [-0.05, 0) is 38.0 Å². The number of rotatable bonds is 6. The molecule has 1 aliphatic carbocycles. The maximum Gasteiger partial charge on any atom is -0.0219 e. The van der Waals surface area contributed by atoms with Crippen LogP contribution >= 0.6 is 0 Å². The van der Waals surface area contributed by atoms with E-state index in [-0.39, 0.29) is 0 Å². The Hall–Kier alpha value is -0.520. The summed E-state index contributed by atoms with van der Waals surface area (Å²) in [7, 11) is 0. The van der Waals surface area contributed by atoms with Crippen molar-refractivity contribution in [1.29, 1.82) is 0 Å². The summed E-state index contributed by atoms with van der Waals surface area (Å²) in [6, 6.07) is 0. The van der Waals surface area contributed by atoms with Crippen LogP contribution in [0.4, 0.5) is 0 Å². The quantitative estimate of drug-likeness (QED) is 0.556. The smallest absolute Gasteiger partial charge is 0.0219 e. The van der Waals surface area contributed by atoms with E-state index in [2.05, 4.69) is 32.9 Å². The molecule has 0 heterocycles. The van der Waals surface area contributed by atoms with Crippen LogP contribution in [0.3, 0.4) is 0 Å². The van der Waals surface area contributed by atoms with Gasteiger partial charge < -0.3 is 0 Å². The highest BCUT2D eigenvalue weighted by Crippen LogP contribution is 2.28. The molecule has 0 N–H and O–H groups in total. The van der Waals surface area contributed by atoms with E-state index in [1.807, 2.05) is 0 Å². The standard InChI is InChI=1S/C15H26/c1-4-6-8-14-10-13(3)11-15(12-14)9-7-5-2/h10,12-13H,4-9,11H2,1-3H3. The molecule has 0 spiro atoms. The van der Waals surface area contributed by atoms with Gasteiger partial charge in [0.05, 0.1) is 0 Å². The van der Waals surface area contributed by atoms with E-state index in [0.29, 0.717) is 0 Å². The summed E-state index contributed by atoms with van der Waals surface area (Å²) < 4.78 is 0. The van der Waals surface area contributed by atoms with E-state index in [4.69, 9.17) is 0 Å². The highest BCUT2D eigenvalue weighted by Gasteiger charge is 2.10. The van der Waals surface area contributed by atoms with Gasteiger partial charge in [0, 0.05) is 0 Å². The molecule has 0 aromatic heterocycles. The molecule has 0 aromatic carbocycles. The Morgan fingerprint density at radius 2 is 1.80 bits per heavy atom. The van der Waals surface area contributed by atoms with Crippen molar-refractivity contribution >= 4 is 0 Å². The lowest BCUT2D eigenvalue weighted by molar-refractivity contribution is 0.644. The molecule has 1 aliphatic rings. The van der Waals surface area contributed by atoms with Crippen LogP contribution in [0.15, 0.2) is 23.3 Å². The molecular formula is C15H26. The third-order valence-corrected chi connectivity index (χ3v) is 3.14. The molecule has 0 aromatic rings. The second kappa shape index (κ2) is 6.87. The maximum atomic E-state index is 2.48. The van der Waals surface area contributed by atoms with Gasteiger partial charge in [0.25, 0.3) is 0 Å². The molecule has 1 atom stereocenters. The predicted octanol–water partition coefficient (Wildman–Crippen LogP) is 5.26. The highest BCUT2D eigenvalue weighted by molar-refractivity contribution is 5.29. The van der Waals surface area contributed by atoms with Gasteiger partial charge in [-0.1, -0.05) is 56.9 Å². The van der Waals surface area contributed by atoms with Crippen LogP contribution in [0.1, 0.15) is 65.7 Å². The summed E-state index contributed by atoms with van der Waals surface area (Å²) in [6.45, 7) is 6.90. The molecule has 0 saturated carbocycles. The average molecular weight is 206 g/mol. The minimum Gasteiger partial charge on any atom is -0.0782 e. The zero-order valence-electron chi connectivity index (χ0n) is 10.7. The van der Waals surface area contributed by atoms with Gasteiger partial charge in [-0.2, -0.15) is 0 Å². The van der Waals surface area contributed by atoms with Crippen molar-refractivity contribution in [3.05, 3.63) is 23.3 Å². The number of hydrogen-bond acceptors (Lipinski definition) is 0. The fourth-order valence-electron chi connectivity index (χ4n) is 2.32. The molecule has 1 unspecified atom stereocenters. The molecule has 0 radical (unpaired) electrons. The largest absolute Gasteiger partial charge is 0.0782 e. The molecule has 86 valence electrons. The van der Waals surface area contributed by atoms with E-state index >= 15 is 0 Å². The van der Waals surface area contributed by atoms with Gasteiger partial charge in [-0.15, -0.1) is 0 Å². The van der Waals surface area contributed by atoms with Crippen molar-refractivity contribution < 1.29 is 0 Å². The van der Waals surface area contributed by atoms with Crippen molar-refractivity contribution in [2.24, 2.45) is 5.92 Å². The Bertz CT molecular complexity index is 232. The third kappa shape index (κ3) is 4.68. The SMILES string of the molecule is CCCCC1=CC(C)CC(CCCC)=C1. The van der Waals surface area contributed by atoms with Crippen LogP contribution in [-0.2, 0) is 0 Å². The monoisotopic (exact) mass is 206 g/mol. The first-order valence-corrected chi connectivity index (χ1v) is 6.66. The summed E-state index contributed by atoms with van der Waals surface area (Å²) in [5, 5.41) is 0. The van der Waals surface area contributed by atoms with Crippen molar-refractivity contribution in [3.8, 4) is 0 Å². The Labute approximate surface area is 95.5 Å². The van der Waals surface area contributed by atoms with Gasteiger partial charge in [-0.25, -0.2) is 0 Å². The molecule has 0 fully saturated rings. The van der Waals surface area contributed by atoms with Gasteiger partial charge in [-0.3, -0.25) is 0 Å². The topological polar surface area (TPSA) is 0 Å². The van der Waals surface area contributed by atoms with Crippen molar-refractivity contribution in [3.63, 3.8) is 0 Å². The van der Waals surface area contributed by atoms with Crippen LogP contribution in [0, 0.1) is 5.92 Å². The molecule has 0 heteroatoms. The van der Waals surface area contributed by atoms with Crippen LogP contribution in [0.25, 0.3) is 0 Å². The maximum absolute atomic E-state index is 2.48. The number of unbranched alkanes of at least 4 members (excludes halogenated alkanes) is 2. The second-order valence-corrected chi connectivity index (χ2v) is 4.93. The molecule has 0 nitrogen and oxygen atoms in total. The van der Waals surface area contributed by atoms with Crippen molar-refractivity contribution in [2.75, 3.05) is 0 Å². The molecule has 15 heavy (non-hydrogen) atoms. The fraction of sp³-hybridized carbons (Fsp3) is 0.733. The third-order valence-electron chi connectivity index (χ3n) is 3.14. The normalized spacial score (nSPS) is 21.1. The summed E-state index contributed by atoms with van der Waals surface area (Å²) >= 11 is 0. The second-order valence-electron chi connectivity index (χ2n) is 4.93. The first kappa shape index (κ1) is 12.5. The number of hydrogen-bond donors (Lipinski definition) is 0. The molecular weight excluding hydrogens is 180 g/mol. The van der Waals surface area contributed by atoms with Crippen LogP contribution in [-0.4, -0.2) is 0 Å². The lowest BCUT2D eigenvalue weighted by Gasteiger charge is -2.18. The van der Waals surface area contributed by atoms with Crippen molar-refractivity contribution in [1.82, 2.24) is 0 Å². The molecule has 0 aliphatic heterocycles. The Kier molecular flexibility index (Phi) is 5.75. The number of allylic oxidation sites excluding steroid dienone is 4. The van der Waals surface area contributed by atoms with Gasteiger partial charge in [0.15, 0.2) is 0 Å². The lowest BCUT2D eigenvalue weighted by Crippen LogP contribution is -2.02. The zero-order chi connectivity index (χ0) is 11.1. The Morgan fingerprint density at radius 3 is 2.47 bits per heavy atom. The Balaban J connectivity index is 2.50. The summed E-state index contributed by atoms with van der Waals surface area (Å²) in [6.07, 6.45) is 14.2. The highest BCUT2D eigenvalue weighted by atomic mass is 14.2. The predicted molar refractivity (Wildman–Crippen MR) is 69.0 cm³/mol. The van der Waals surface area contributed by atoms with E-state index in [1.54, 1.807) is 11.1 Å². The summed E-state index contributed by atoms with van der Waals surface area (Å²) in [4.78, 5) is 0. The van der Waals surface area contributed by atoms with E-state index in [0.717, 1.165) is 5.92 Å². The average Bonchev–Trinajstić information content (AvgIpc) is 2.23. The van der Waals surface area contributed by atoms with Gasteiger partial charge in [0.1, 0.15) is 0 Å². The first-order chi connectivity index (χ1) is 7.26. The Morgan fingerprint density at radius 1 is 1.13 bits per heavy atom. The van der Waals surface area contributed by atoms with E-state index in [9.17, 15) is 0 Å². The van der Waals surface area contributed by atoms with Crippen molar-refractivity contribution in [2.45, 2.75) is 65.7 Å². The molecule has 0 saturated heterocycles. The van der Waals surface area contributed by atoms with Gasteiger partial charge in [0.2, 0.25) is 0 Å². The van der Waals surface area contributed by atoms with Gasteiger partial charge >= 0.3 is 0 Å². The fourth-order valence-corrected chi connectivity index (χ4v) is 2.32. The molecule has 0 amide bonds. The summed E-state index contributed by atoms with van der Waals surface area (Å²) in [5.74, 6) is 0.772. The molecule has 0 bridgehead atoms. The van der Waals surface area contributed by atoms with E-state index in [1.165, 1.54) is 44.9 Å². The van der Waals surface area contributed by atoms with Crippen LogP contribution < -0.4 is 0 Å². The minimum absolute atomic E-state index is 0.772. The lowest BCUT2D eigenvalue weighted by atomic mass is 9.87. The zero-order valence-corrected chi connectivity index (χ0v) is 10.7. The molecule has 1 rings (SSSR count). The van der Waals surface area contributed by atoms with E-state index < -0.39 is 0 Å². The first-order valence-electron chi connectivity index (χ1n) is 6.66. The van der Waals surface area contributed by atoms with Crippen LogP contribution in [0.2, 0.25) is 0 Å². The summed E-state index contributed by atoms with van der Waals surface area (Å²) in [5.41, 5.74) is 3.29. The minimum atomic E-state index is 0.772.